The molecule has 1 aromatic rings. The van der Waals surface area contributed by atoms with Crippen molar-refractivity contribution in [1.82, 2.24) is 5.32 Å². The topological polar surface area (TPSA) is 73.2 Å². The summed E-state index contributed by atoms with van der Waals surface area (Å²) in [6, 6.07) is 8.01. The van der Waals surface area contributed by atoms with Crippen LogP contribution >= 0.6 is 0 Å². The number of carbonyl (C=O) groups excluding carboxylic acids is 2. The monoisotopic (exact) mass is 229 g/mol. The van der Waals surface area contributed by atoms with Gasteiger partial charge in [0.15, 0.2) is 0 Å². The van der Waals surface area contributed by atoms with Crippen LogP contribution in [-0.4, -0.2) is 18.5 Å². The number of anilines is 1. The van der Waals surface area contributed by atoms with Crippen LogP contribution in [0.25, 0.3) is 0 Å². The molecule has 2 rings (SSSR count). The Morgan fingerprint density at radius 2 is 2.18 bits per heavy atom. The molecule has 0 radical (unpaired) electrons. The minimum Gasteiger partial charge on any atom is -0.337 e. The average Bonchev–Trinajstić information content (AvgIpc) is 2.51. The van der Waals surface area contributed by atoms with E-state index in [1.54, 1.807) is 18.2 Å². The van der Waals surface area contributed by atoms with Gasteiger partial charge in [-0.15, -0.1) is 0 Å². The molecule has 0 atom stereocenters. The Labute approximate surface area is 98.6 Å². The van der Waals surface area contributed by atoms with Crippen LogP contribution in [0.2, 0.25) is 0 Å². The van der Waals surface area contributed by atoms with E-state index in [1.807, 2.05) is 6.07 Å². The highest BCUT2D eigenvalue weighted by Gasteiger charge is 2.25. The summed E-state index contributed by atoms with van der Waals surface area (Å²) in [5.41, 5.74) is 0.862. The van der Waals surface area contributed by atoms with Crippen LogP contribution in [0.4, 0.5) is 10.5 Å². The van der Waals surface area contributed by atoms with Crippen LogP contribution in [0.5, 0.6) is 0 Å². The largest absolute Gasteiger partial charge is 0.337 e. The molecule has 1 saturated heterocycles. The molecule has 1 aliphatic rings. The van der Waals surface area contributed by atoms with E-state index in [4.69, 9.17) is 5.26 Å². The van der Waals surface area contributed by atoms with Crippen molar-refractivity contribution in [2.45, 2.75) is 12.8 Å². The molecule has 1 aliphatic heterocycles. The van der Waals surface area contributed by atoms with E-state index in [0.29, 0.717) is 30.6 Å². The maximum Gasteiger partial charge on any atom is 0.328 e. The predicted octanol–water partition coefficient (Wildman–Crippen LogP) is 1.39. The number of hydrogen-bond acceptors (Lipinski definition) is 3. The van der Waals surface area contributed by atoms with Crippen LogP contribution in [0, 0.1) is 11.3 Å². The lowest BCUT2D eigenvalue weighted by molar-refractivity contribution is -0.117. The van der Waals surface area contributed by atoms with Gasteiger partial charge in [-0.1, -0.05) is 6.07 Å². The molecule has 1 heterocycles. The number of rotatable bonds is 1. The Kier molecular flexibility index (Phi) is 3.06. The second kappa shape index (κ2) is 4.66. The molecule has 1 aromatic carbocycles. The zero-order valence-corrected chi connectivity index (χ0v) is 9.14. The summed E-state index contributed by atoms with van der Waals surface area (Å²) < 4.78 is 0. The van der Waals surface area contributed by atoms with Crippen LogP contribution in [0.1, 0.15) is 18.4 Å². The van der Waals surface area contributed by atoms with Gasteiger partial charge in [-0.05, 0) is 24.6 Å². The van der Waals surface area contributed by atoms with E-state index >= 15 is 0 Å². The molecule has 0 bridgehead atoms. The standard InChI is InChI=1S/C12H11N3O2/c13-8-9-3-1-4-10(7-9)15-11(16)5-2-6-14-12(15)17/h1,3-4,7H,2,5-6H2,(H,14,17). The molecule has 86 valence electrons. The number of hydrogen-bond donors (Lipinski definition) is 1. The van der Waals surface area contributed by atoms with Gasteiger partial charge in [0.05, 0.1) is 17.3 Å². The smallest absolute Gasteiger partial charge is 0.328 e. The zero-order chi connectivity index (χ0) is 12.3. The molecular formula is C12H11N3O2. The fraction of sp³-hybridized carbons (Fsp3) is 0.250. The summed E-state index contributed by atoms with van der Waals surface area (Å²) in [5, 5.41) is 11.4. The molecule has 1 N–H and O–H groups in total. The Morgan fingerprint density at radius 1 is 1.35 bits per heavy atom. The van der Waals surface area contributed by atoms with E-state index in [0.717, 1.165) is 4.90 Å². The molecule has 0 spiro atoms. The lowest BCUT2D eigenvalue weighted by atomic mass is 10.2. The number of nitrogens with one attached hydrogen (secondary N) is 1. The third-order valence-electron chi connectivity index (χ3n) is 2.53. The first kappa shape index (κ1) is 11.1. The van der Waals surface area contributed by atoms with Gasteiger partial charge in [-0.25, -0.2) is 9.69 Å². The first-order valence-corrected chi connectivity index (χ1v) is 5.33. The van der Waals surface area contributed by atoms with Crippen molar-refractivity contribution >= 4 is 17.6 Å². The highest BCUT2D eigenvalue weighted by molar-refractivity contribution is 6.14. The number of urea groups is 1. The Morgan fingerprint density at radius 3 is 2.94 bits per heavy atom. The van der Waals surface area contributed by atoms with Gasteiger partial charge in [-0.3, -0.25) is 4.79 Å². The molecule has 0 saturated carbocycles. The minimum absolute atomic E-state index is 0.241. The predicted molar refractivity (Wildman–Crippen MR) is 61.3 cm³/mol. The van der Waals surface area contributed by atoms with E-state index < -0.39 is 6.03 Å². The highest BCUT2D eigenvalue weighted by Crippen LogP contribution is 2.18. The molecule has 5 heteroatoms. The summed E-state index contributed by atoms with van der Waals surface area (Å²) in [6.45, 7) is 0.499. The first-order chi connectivity index (χ1) is 8.22. The third-order valence-corrected chi connectivity index (χ3v) is 2.53. The highest BCUT2D eigenvalue weighted by atomic mass is 16.2. The van der Waals surface area contributed by atoms with Crippen molar-refractivity contribution in [2.75, 3.05) is 11.4 Å². The quantitative estimate of drug-likeness (QED) is 0.790. The summed E-state index contributed by atoms with van der Waals surface area (Å²) in [7, 11) is 0. The van der Waals surface area contributed by atoms with Gasteiger partial charge in [0, 0.05) is 13.0 Å². The van der Waals surface area contributed by atoms with Gasteiger partial charge in [0.25, 0.3) is 0 Å². The molecule has 1 fully saturated rings. The van der Waals surface area contributed by atoms with Gasteiger partial charge in [0.1, 0.15) is 0 Å². The molecular weight excluding hydrogens is 218 g/mol. The number of nitriles is 1. The van der Waals surface area contributed by atoms with Crippen LogP contribution in [0.15, 0.2) is 24.3 Å². The molecule has 0 aromatic heterocycles. The normalized spacial score (nSPS) is 16.1. The number of carbonyl (C=O) groups is 2. The van der Waals surface area contributed by atoms with Crippen molar-refractivity contribution in [3.8, 4) is 6.07 Å². The lowest BCUT2D eigenvalue weighted by Gasteiger charge is -2.18. The Bertz CT molecular complexity index is 487. The SMILES string of the molecule is N#Cc1cccc(N2C(=O)CCCNC2=O)c1. The Hall–Kier alpha value is -2.35. The van der Waals surface area contributed by atoms with Gasteiger partial charge in [-0.2, -0.15) is 5.26 Å². The lowest BCUT2D eigenvalue weighted by Crippen LogP contribution is -2.41. The Balaban J connectivity index is 2.38. The minimum atomic E-state index is -0.428. The summed E-state index contributed by atoms with van der Waals surface area (Å²) in [6.07, 6.45) is 0.967. The maximum absolute atomic E-state index is 11.8. The number of amides is 3. The van der Waals surface area contributed by atoms with E-state index in [-0.39, 0.29) is 5.91 Å². The van der Waals surface area contributed by atoms with Crippen molar-refractivity contribution in [2.24, 2.45) is 0 Å². The van der Waals surface area contributed by atoms with Crippen molar-refractivity contribution in [3.63, 3.8) is 0 Å². The van der Waals surface area contributed by atoms with Crippen molar-refractivity contribution < 1.29 is 9.59 Å². The van der Waals surface area contributed by atoms with Crippen molar-refractivity contribution in [1.29, 1.82) is 5.26 Å². The fourth-order valence-electron chi connectivity index (χ4n) is 1.71. The maximum atomic E-state index is 11.8. The van der Waals surface area contributed by atoms with Gasteiger partial charge in [0.2, 0.25) is 5.91 Å². The van der Waals surface area contributed by atoms with Crippen LogP contribution in [0.3, 0.4) is 0 Å². The second-order valence-electron chi connectivity index (χ2n) is 3.73. The van der Waals surface area contributed by atoms with Gasteiger partial charge < -0.3 is 5.32 Å². The van der Waals surface area contributed by atoms with Crippen LogP contribution < -0.4 is 10.2 Å². The van der Waals surface area contributed by atoms with E-state index in [2.05, 4.69) is 5.32 Å². The average molecular weight is 229 g/mol. The van der Waals surface area contributed by atoms with E-state index in [1.165, 1.54) is 6.07 Å². The van der Waals surface area contributed by atoms with Gasteiger partial charge >= 0.3 is 6.03 Å². The molecule has 17 heavy (non-hydrogen) atoms. The van der Waals surface area contributed by atoms with E-state index in [9.17, 15) is 9.59 Å². The molecule has 0 unspecified atom stereocenters. The molecule has 5 nitrogen and oxygen atoms in total. The number of benzene rings is 1. The second-order valence-corrected chi connectivity index (χ2v) is 3.73. The van der Waals surface area contributed by atoms with Crippen LogP contribution in [-0.2, 0) is 4.79 Å². The summed E-state index contributed by atoms with van der Waals surface area (Å²) >= 11 is 0. The zero-order valence-electron chi connectivity index (χ0n) is 9.14. The number of imide groups is 1. The summed E-state index contributed by atoms with van der Waals surface area (Å²) in [4.78, 5) is 24.6. The van der Waals surface area contributed by atoms with Crippen molar-refractivity contribution in [3.05, 3.63) is 29.8 Å². The molecule has 3 amide bonds. The molecule has 0 aliphatic carbocycles. The fourth-order valence-corrected chi connectivity index (χ4v) is 1.71. The first-order valence-electron chi connectivity index (χ1n) is 5.33. The summed E-state index contributed by atoms with van der Waals surface area (Å²) in [5.74, 6) is -0.241. The third kappa shape index (κ3) is 2.26. The number of nitrogens with zero attached hydrogens (tertiary/aromatic N) is 2.